The molecular formula is C21H19F3N6O5. The van der Waals surface area contributed by atoms with Gasteiger partial charge in [-0.1, -0.05) is 0 Å². The standard InChI is InChI=1S/C21H19F3N6O5/c1-2-34-19(31)16-12-28-20(26-10-9-25-17-8-5-14(11-27-17)30(32)33)29-18(16)13-3-6-15(7-4-13)35-21(22,23)24/h3-8,11-12H,2,9-10H2,1H3,(H,25,27)(H,26,28,29). The van der Waals surface area contributed by atoms with E-state index < -0.39 is 23.0 Å². The number of nitrogens with one attached hydrogen (secondary N) is 2. The van der Waals surface area contributed by atoms with Crippen LogP contribution in [0.25, 0.3) is 11.3 Å². The second kappa shape index (κ2) is 11.1. The van der Waals surface area contributed by atoms with Crippen LogP contribution in [0.5, 0.6) is 5.75 Å². The van der Waals surface area contributed by atoms with Gasteiger partial charge in [-0.2, -0.15) is 0 Å². The summed E-state index contributed by atoms with van der Waals surface area (Å²) in [6.07, 6.45) is -2.44. The molecule has 0 radical (unpaired) electrons. The number of pyridine rings is 1. The average Bonchev–Trinajstić information content (AvgIpc) is 2.81. The van der Waals surface area contributed by atoms with Crippen LogP contribution in [0, 0.1) is 10.1 Å². The Morgan fingerprint density at radius 2 is 1.77 bits per heavy atom. The van der Waals surface area contributed by atoms with Gasteiger partial charge in [-0.05, 0) is 37.3 Å². The smallest absolute Gasteiger partial charge is 0.462 e. The van der Waals surface area contributed by atoms with E-state index in [0.29, 0.717) is 24.5 Å². The summed E-state index contributed by atoms with van der Waals surface area (Å²) < 4.78 is 46.2. The van der Waals surface area contributed by atoms with Gasteiger partial charge in [0.05, 0.1) is 17.2 Å². The first-order valence-electron chi connectivity index (χ1n) is 10.1. The lowest BCUT2D eigenvalue weighted by Gasteiger charge is -2.12. The molecule has 0 unspecified atom stereocenters. The monoisotopic (exact) mass is 492 g/mol. The zero-order valence-corrected chi connectivity index (χ0v) is 18.2. The van der Waals surface area contributed by atoms with E-state index in [4.69, 9.17) is 4.74 Å². The SMILES string of the molecule is CCOC(=O)c1cnc(NCCNc2ccc([N+](=O)[O-])cn2)nc1-c1ccc(OC(F)(F)F)cc1. The number of carbonyl (C=O) groups excluding carboxylic acids is 1. The molecule has 2 heterocycles. The van der Waals surface area contributed by atoms with E-state index >= 15 is 0 Å². The molecule has 0 saturated carbocycles. The lowest BCUT2D eigenvalue weighted by molar-refractivity contribution is -0.385. The fourth-order valence-corrected chi connectivity index (χ4v) is 2.82. The van der Waals surface area contributed by atoms with Crippen LogP contribution in [0.1, 0.15) is 17.3 Å². The molecule has 184 valence electrons. The van der Waals surface area contributed by atoms with Gasteiger partial charge in [-0.3, -0.25) is 10.1 Å². The fraction of sp³-hybridized carbons (Fsp3) is 0.238. The van der Waals surface area contributed by atoms with Crippen molar-refractivity contribution >= 4 is 23.4 Å². The highest BCUT2D eigenvalue weighted by Crippen LogP contribution is 2.28. The molecule has 35 heavy (non-hydrogen) atoms. The van der Waals surface area contributed by atoms with E-state index in [0.717, 1.165) is 18.3 Å². The van der Waals surface area contributed by atoms with Gasteiger partial charge in [0.15, 0.2) is 0 Å². The molecule has 2 N–H and O–H groups in total. The average molecular weight is 492 g/mol. The minimum Gasteiger partial charge on any atom is -0.462 e. The Hall–Kier alpha value is -4.49. The molecule has 0 aliphatic rings. The number of esters is 1. The third kappa shape index (κ3) is 7.25. The van der Waals surface area contributed by atoms with E-state index in [9.17, 15) is 28.1 Å². The summed E-state index contributed by atoms with van der Waals surface area (Å²) in [6, 6.07) is 7.65. The summed E-state index contributed by atoms with van der Waals surface area (Å²) in [7, 11) is 0. The zero-order chi connectivity index (χ0) is 25.4. The Morgan fingerprint density at radius 3 is 2.37 bits per heavy atom. The van der Waals surface area contributed by atoms with Crippen LogP contribution < -0.4 is 15.4 Å². The molecule has 11 nitrogen and oxygen atoms in total. The molecule has 0 saturated heterocycles. The summed E-state index contributed by atoms with van der Waals surface area (Å²) in [5, 5.41) is 16.6. The van der Waals surface area contributed by atoms with Crippen LogP contribution in [-0.2, 0) is 4.74 Å². The van der Waals surface area contributed by atoms with Crippen molar-refractivity contribution < 1.29 is 32.4 Å². The van der Waals surface area contributed by atoms with Crippen molar-refractivity contribution in [2.24, 2.45) is 0 Å². The highest BCUT2D eigenvalue weighted by molar-refractivity contribution is 5.96. The second-order valence-corrected chi connectivity index (χ2v) is 6.76. The summed E-state index contributed by atoms with van der Waals surface area (Å²) in [5.41, 5.74) is 0.412. The number of hydrogen-bond acceptors (Lipinski definition) is 10. The Bertz CT molecular complexity index is 1170. The number of nitro groups is 1. The quantitative estimate of drug-likeness (QED) is 0.184. The maximum absolute atomic E-state index is 12.4. The van der Waals surface area contributed by atoms with Crippen LogP contribution in [0.4, 0.5) is 30.6 Å². The number of carbonyl (C=O) groups is 1. The molecule has 0 bridgehead atoms. The third-order valence-electron chi connectivity index (χ3n) is 4.32. The Balaban J connectivity index is 1.71. The number of ether oxygens (including phenoxy) is 2. The Kier molecular flexibility index (Phi) is 7.96. The number of aromatic nitrogens is 3. The third-order valence-corrected chi connectivity index (χ3v) is 4.32. The summed E-state index contributed by atoms with van der Waals surface area (Å²) >= 11 is 0. The van der Waals surface area contributed by atoms with Crippen molar-refractivity contribution in [1.29, 1.82) is 0 Å². The lowest BCUT2D eigenvalue weighted by Crippen LogP contribution is -2.17. The molecule has 1 aromatic carbocycles. The van der Waals surface area contributed by atoms with Crippen molar-refractivity contribution in [3.8, 4) is 17.0 Å². The largest absolute Gasteiger partial charge is 0.573 e. The van der Waals surface area contributed by atoms with Gasteiger partial charge in [-0.25, -0.2) is 19.7 Å². The number of benzene rings is 1. The first-order chi connectivity index (χ1) is 16.7. The number of hydrogen-bond donors (Lipinski definition) is 2. The van der Waals surface area contributed by atoms with Crippen molar-refractivity contribution in [1.82, 2.24) is 15.0 Å². The second-order valence-electron chi connectivity index (χ2n) is 6.76. The number of nitrogens with zero attached hydrogens (tertiary/aromatic N) is 4. The van der Waals surface area contributed by atoms with Crippen molar-refractivity contribution in [3.63, 3.8) is 0 Å². The highest BCUT2D eigenvalue weighted by Gasteiger charge is 2.31. The van der Waals surface area contributed by atoms with Crippen molar-refractivity contribution in [3.05, 3.63) is 64.5 Å². The molecular weight excluding hydrogens is 473 g/mol. The molecule has 0 amide bonds. The predicted octanol–water partition coefficient (Wildman–Crippen LogP) is 4.05. The van der Waals surface area contributed by atoms with Gasteiger partial charge in [0.25, 0.3) is 5.69 Å². The normalized spacial score (nSPS) is 11.0. The zero-order valence-electron chi connectivity index (χ0n) is 18.2. The van der Waals surface area contributed by atoms with Gasteiger partial charge >= 0.3 is 12.3 Å². The van der Waals surface area contributed by atoms with E-state index in [1.54, 1.807) is 6.92 Å². The van der Waals surface area contributed by atoms with Crippen LogP contribution in [0.3, 0.4) is 0 Å². The van der Waals surface area contributed by atoms with Crippen LogP contribution in [-0.4, -0.2) is 51.9 Å². The molecule has 2 aromatic heterocycles. The first kappa shape index (κ1) is 25.1. The minimum atomic E-state index is -4.83. The van der Waals surface area contributed by atoms with Crippen LogP contribution in [0.2, 0.25) is 0 Å². The minimum absolute atomic E-state index is 0.0371. The number of rotatable bonds is 10. The highest BCUT2D eigenvalue weighted by atomic mass is 19.4. The van der Waals surface area contributed by atoms with Gasteiger partial charge in [0.2, 0.25) is 5.95 Å². The summed E-state index contributed by atoms with van der Waals surface area (Å²) in [4.78, 5) is 34.8. The molecule has 14 heteroatoms. The van der Waals surface area contributed by atoms with E-state index in [-0.39, 0.29) is 29.5 Å². The van der Waals surface area contributed by atoms with Gasteiger partial charge < -0.3 is 20.1 Å². The maximum atomic E-state index is 12.4. The van der Waals surface area contributed by atoms with E-state index in [1.165, 1.54) is 30.5 Å². The number of anilines is 2. The molecule has 0 fully saturated rings. The fourth-order valence-electron chi connectivity index (χ4n) is 2.82. The van der Waals surface area contributed by atoms with Crippen molar-refractivity contribution in [2.75, 3.05) is 30.3 Å². The van der Waals surface area contributed by atoms with Crippen molar-refractivity contribution in [2.45, 2.75) is 13.3 Å². The van der Waals surface area contributed by atoms with E-state index in [1.807, 2.05) is 0 Å². The van der Waals surface area contributed by atoms with Gasteiger partial charge in [-0.15, -0.1) is 13.2 Å². The summed E-state index contributed by atoms with van der Waals surface area (Å²) in [5.74, 6) is -0.521. The first-order valence-corrected chi connectivity index (χ1v) is 10.1. The molecule has 0 aliphatic carbocycles. The van der Waals surface area contributed by atoms with E-state index in [2.05, 4.69) is 30.3 Å². The van der Waals surface area contributed by atoms with Gasteiger partial charge in [0, 0.05) is 30.9 Å². The molecule has 3 rings (SSSR count). The van der Waals surface area contributed by atoms with Gasteiger partial charge in [0.1, 0.15) is 23.3 Å². The molecule has 3 aromatic rings. The maximum Gasteiger partial charge on any atom is 0.573 e. The molecule has 0 aliphatic heterocycles. The number of alkyl halides is 3. The van der Waals surface area contributed by atoms with Crippen LogP contribution in [0.15, 0.2) is 48.8 Å². The predicted molar refractivity (Wildman–Crippen MR) is 118 cm³/mol. The number of halogens is 3. The Labute approximate surface area is 196 Å². The topological polar surface area (TPSA) is 141 Å². The summed E-state index contributed by atoms with van der Waals surface area (Å²) in [6.45, 7) is 2.41. The molecule has 0 spiro atoms. The van der Waals surface area contributed by atoms with Crippen LogP contribution >= 0.6 is 0 Å². The Morgan fingerprint density at radius 1 is 1.06 bits per heavy atom. The lowest BCUT2D eigenvalue weighted by atomic mass is 10.1. The molecule has 0 atom stereocenters.